The van der Waals surface area contributed by atoms with E-state index in [1.54, 1.807) is 5.57 Å². The van der Waals surface area contributed by atoms with E-state index < -0.39 is 0 Å². The minimum absolute atomic E-state index is 0.545. The Morgan fingerprint density at radius 2 is 2.20 bits per heavy atom. The molecule has 1 saturated carbocycles. The first kappa shape index (κ1) is 6.21. The summed E-state index contributed by atoms with van der Waals surface area (Å²) in [6.07, 6.45) is 13.0. The molecule has 10 heavy (non-hydrogen) atoms. The van der Waals surface area contributed by atoms with E-state index in [0.29, 0.717) is 5.41 Å². The summed E-state index contributed by atoms with van der Waals surface area (Å²) < 4.78 is 0. The topological polar surface area (TPSA) is 0 Å². The number of hydrogen-bond acceptors (Lipinski definition) is 0. The van der Waals surface area contributed by atoms with Crippen LogP contribution in [0.1, 0.15) is 26.2 Å². The van der Waals surface area contributed by atoms with Gasteiger partial charge >= 0.3 is 0 Å². The van der Waals surface area contributed by atoms with Gasteiger partial charge in [-0.25, -0.2) is 0 Å². The van der Waals surface area contributed by atoms with Crippen molar-refractivity contribution < 1.29 is 0 Å². The monoisotopic (exact) mass is 133 g/mol. The Labute approximate surface area is 62.6 Å². The van der Waals surface area contributed by atoms with Crippen molar-refractivity contribution >= 4 is 0 Å². The zero-order valence-corrected chi connectivity index (χ0v) is 6.43. The Kier molecular flexibility index (Phi) is 1.23. The highest BCUT2D eigenvalue weighted by Gasteiger charge is 2.44. The van der Waals surface area contributed by atoms with Gasteiger partial charge in [0.1, 0.15) is 0 Å². The van der Waals surface area contributed by atoms with E-state index in [1.807, 2.05) is 0 Å². The summed E-state index contributed by atoms with van der Waals surface area (Å²) in [5, 5.41) is 0. The van der Waals surface area contributed by atoms with Crippen LogP contribution in [0.5, 0.6) is 0 Å². The molecule has 0 amide bonds. The van der Waals surface area contributed by atoms with Gasteiger partial charge in [-0.05, 0) is 31.1 Å². The van der Waals surface area contributed by atoms with Crippen molar-refractivity contribution in [2.75, 3.05) is 0 Å². The van der Waals surface area contributed by atoms with Gasteiger partial charge in [-0.1, -0.05) is 30.7 Å². The lowest BCUT2D eigenvalue weighted by Gasteiger charge is -2.18. The van der Waals surface area contributed by atoms with Gasteiger partial charge in [-0.3, -0.25) is 0 Å². The normalized spacial score (nSPS) is 26.7. The average molecular weight is 133 g/mol. The molecule has 1 spiro atoms. The standard InChI is InChI=1S/C10H13/c1-2-9-5-3-4-6-10(9)7-8-10/h3-6H,2,7-8H2,1H3. The molecule has 0 aromatic carbocycles. The summed E-state index contributed by atoms with van der Waals surface area (Å²) >= 11 is 0. The second kappa shape index (κ2) is 1.98. The van der Waals surface area contributed by atoms with Crippen LogP contribution in [0.15, 0.2) is 23.8 Å². The van der Waals surface area contributed by atoms with Crippen LogP contribution in [0.4, 0.5) is 0 Å². The summed E-state index contributed by atoms with van der Waals surface area (Å²) in [5.41, 5.74) is 2.18. The van der Waals surface area contributed by atoms with E-state index in [0.717, 1.165) is 0 Å². The van der Waals surface area contributed by atoms with Crippen LogP contribution in [-0.2, 0) is 0 Å². The molecule has 0 heterocycles. The molecule has 0 aliphatic heterocycles. The van der Waals surface area contributed by atoms with Gasteiger partial charge in [-0.15, -0.1) is 0 Å². The maximum Gasteiger partial charge on any atom is -0.00157 e. The molecule has 0 atom stereocenters. The lowest BCUT2D eigenvalue weighted by atomic mass is 9.87. The number of allylic oxidation sites excluding steroid dienone is 4. The van der Waals surface area contributed by atoms with Crippen LogP contribution in [0.25, 0.3) is 0 Å². The molecule has 0 nitrogen and oxygen atoms in total. The van der Waals surface area contributed by atoms with E-state index in [9.17, 15) is 0 Å². The van der Waals surface area contributed by atoms with Gasteiger partial charge in [-0.2, -0.15) is 0 Å². The third-order valence-corrected chi connectivity index (χ3v) is 2.63. The average Bonchev–Trinajstić information content (AvgIpc) is 2.71. The van der Waals surface area contributed by atoms with Crippen molar-refractivity contribution in [2.45, 2.75) is 26.2 Å². The van der Waals surface area contributed by atoms with Crippen LogP contribution in [-0.4, -0.2) is 0 Å². The Hall–Kier alpha value is -0.520. The van der Waals surface area contributed by atoms with Crippen LogP contribution >= 0.6 is 0 Å². The summed E-state index contributed by atoms with van der Waals surface area (Å²) in [6.45, 7) is 2.25. The molecule has 0 saturated heterocycles. The maximum absolute atomic E-state index is 2.37. The third kappa shape index (κ3) is 0.749. The van der Waals surface area contributed by atoms with Crippen molar-refractivity contribution in [3.63, 3.8) is 0 Å². The van der Waals surface area contributed by atoms with E-state index >= 15 is 0 Å². The van der Waals surface area contributed by atoms with E-state index in [2.05, 4.69) is 31.6 Å². The Balaban J connectivity index is 2.24. The first-order valence-corrected chi connectivity index (χ1v) is 4.10. The fourth-order valence-electron chi connectivity index (χ4n) is 1.78. The summed E-state index contributed by atoms with van der Waals surface area (Å²) in [6, 6.07) is 0. The van der Waals surface area contributed by atoms with Crippen molar-refractivity contribution in [1.82, 2.24) is 0 Å². The van der Waals surface area contributed by atoms with E-state index in [-0.39, 0.29) is 0 Å². The summed E-state index contributed by atoms with van der Waals surface area (Å²) in [7, 11) is 0. The highest BCUT2D eigenvalue weighted by molar-refractivity contribution is 5.37. The van der Waals surface area contributed by atoms with Crippen LogP contribution < -0.4 is 0 Å². The quantitative estimate of drug-likeness (QED) is 0.516. The molecule has 0 N–H and O–H groups in total. The molecular weight excluding hydrogens is 120 g/mol. The maximum atomic E-state index is 2.37. The second-order valence-corrected chi connectivity index (χ2v) is 3.25. The molecule has 1 radical (unpaired) electrons. The minimum Gasteiger partial charge on any atom is -0.0799 e. The smallest absolute Gasteiger partial charge is 0.00157 e. The SMILES string of the molecule is CCC1=CC=C[CH]C12CC2. The largest absolute Gasteiger partial charge is 0.0799 e. The molecule has 0 bridgehead atoms. The third-order valence-electron chi connectivity index (χ3n) is 2.63. The van der Waals surface area contributed by atoms with Crippen molar-refractivity contribution in [2.24, 2.45) is 5.41 Å². The van der Waals surface area contributed by atoms with Crippen LogP contribution in [0.2, 0.25) is 0 Å². The van der Waals surface area contributed by atoms with Gasteiger partial charge in [0.15, 0.2) is 0 Å². The zero-order valence-electron chi connectivity index (χ0n) is 6.43. The molecule has 1 fully saturated rings. The zero-order chi connectivity index (χ0) is 7.03. The van der Waals surface area contributed by atoms with Crippen molar-refractivity contribution in [3.05, 3.63) is 30.2 Å². The van der Waals surface area contributed by atoms with E-state index in [1.165, 1.54) is 19.3 Å². The number of rotatable bonds is 1. The van der Waals surface area contributed by atoms with Gasteiger partial charge in [0.2, 0.25) is 0 Å². The lowest BCUT2D eigenvalue weighted by Crippen LogP contribution is -2.05. The first-order chi connectivity index (χ1) is 4.87. The summed E-state index contributed by atoms with van der Waals surface area (Å²) in [4.78, 5) is 0. The fourth-order valence-corrected chi connectivity index (χ4v) is 1.78. The van der Waals surface area contributed by atoms with Gasteiger partial charge < -0.3 is 0 Å². The highest BCUT2D eigenvalue weighted by atomic mass is 14.5. The fraction of sp³-hybridized carbons (Fsp3) is 0.500. The Morgan fingerprint density at radius 3 is 2.70 bits per heavy atom. The lowest BCUT2D eigenvalue weighted by molar-refractivity contribution is 0.696. The van der Waals surface area contributed by atoms with Crippen LogP contribution in [0.3, 0.4) is 0 Å². The summed E-state index contributed by atoms with van der Waals surface area (Å²) in [5.74, 6) is 0. The Morgan fingerprint density at radius 1 is 1.40 bits per heavy atom. The van der Waals surface area contributed by atoms with E-state index in [4.69, 9.17) is 0 Å². The van der Waals surface area contributed by atoms with Gasteiger partial charge in [0, 0.05) is 0 Å². The molecule has 0 aromatic rings. The predicted octanol–water partition coefficient (Wildman–Crippen LogP) is 2.88. The highest BCUT2D eigenvalue weighted by Crippen LogP contribution is 2.56. The number of hydrogen-bond donors (Lipinski definition) is 0. The molecule has 0 heteroatoms. The minimum atomic E-state index is 0.545. The molecular formula is C10H13. The van der Waals surface area contributed by atoms with Crippen LogP contribution in [0, 0.1) is 11.8 Å². The molecule has 53 valence electrons. The molecule has 0 aromatic heterocycles. The molecule has 2 rings (SSSR count). The Bertz CT molecular complexity index is 192. The van der Waals surface area contributed by atoms with Gasteiger partial charge in [0.25, 0.3) is 0 Å². The second-order valence-electron chi connectivity index (χ2n) is 3.25. The molecule has 0 unspecified atom stereocenters. The first-order valence-electron chi connectivity index (χ1n) is 4.10. The van der Waals surface area contributed by atoms with Crippen molar-refractivity contribution in [3.8, 4) is 0 Å². The molecule has 2 aliphatic carbocycles. The van der Waals surface area contributed by atoms with Gasteiger partial charge in [0.05, 0.1) is 0 Å². The predicted molar refractivity (Wildman–Crippen MR) is 43.5 cm³/mol. The van der Waals surface area contributed by atoms with Crippen molar-refractivity contribution in [1.29, 1.82) is 0 Å². The molecule has 2 aliphatic rings.